The van der Waals surface area contributed by atoms with E-state index >= 15 is 0 Å². The van der Waals surface area contributed by atoms with E-state index in [-0.39, 0.29) is 16.8 Å². The van der Waals surface area contributed by atoms with E-state index in [1.165, 1.54) is 17.4 Å². The summed E-state index contributed by atoms with van der Waals surface area (Å²) in [6.45, 7) is 6.41. The highest BCUT2D eigenvalue weighted by molar-refractivity contribution is 6.30. The van der Waals surface area contributed by atoms with Gasteiger partial charge in [0.1, 0.15) is 5.15 Å². The van der Waals surface area contributed by atoms with Gasteiger partial charge in [0.15, 0.2) is 0 Å². The molecule has 1 N–H and O–H groups in total. The van der Waals surface area contributed by atoms with Crippen LogP contribution in [0.1, 0.15) is 32.3 Å². The van der Waals surface area contributed by atoms with Crippen LogP contribution in [0, 0.1) is 0 Å². The molecule has 1 atom stereocenters. The Bertz CT molecular complexity index is 558. The Morgan fingerprint density at radius 1 is 1.32 bits per heavy atom. The van der Waals surface area contributed by atoms with Crippen molar-refractivity contribution in [2.45, 2.75) is 45.7 Å². The standard InChI is InChI=1S/C13H20ClN3O2/c1-3-10-11(14)15-13(19)17(12(10)18)8-9(2)16-6-4-5-7-16/h9H,3-8H2,1-2H3,(H,15,19). The first-order valence-electron chi connectivity index (χ1n) is 6.80. The molecule has 1 aliphatic heterocycles. The summed E-state index contributed by atoms with van der Waals surface area (Å²) in [4.78, 5) is 29.0. The van der Waals surface area contributed by atoms with Gasteiger partial charge in [-0.05, 0) is 39.3 Å². The summed E-state index contributed by atoms with van der Waals surface area (Å²) < 4.78 is 1.27. The predicted octanol–water partition coefficient (Wildman–Crippen LogP) is 1.24. The third-order valence-electron chi connectivity index (χ3n) is 3.79. The quantitative estimate of drug-likeness (QED) is 0.847. The van der Waals surface area contributed by atoms with Crippen LogP contribution in [0.3, 0.4) is 0 Å². The molecule has 1 saturated heterocycles. The first kappa shape index (κ1) is 14.3. The van der Waals surface area contributed by atoms with Gasteiger partial charge in [0.05, 0.1) is 5.56 Å². The molecule has 0 saturated carbocycles. The molecular weight excluding hydrogens is 266 g/mol. The number of nitrogens with zero attached hydrogens (tertiary/aromatic N) is 2. The van der Waals surface area contributed by atoms with Gasteiger partial charge in [0.2, 0.25) is 0 Å². The number of aromatic nitrogens is 2. The normalized spacial score (nSPS) is 17.8. The zero-order valence-corrected chi connectivity index (χ0v) is 12.2. The minimum atomic E-state index is -0.418. The molecule has 2 rings (SSSR count). The summed E-state index contributed by atoms with van der Waals surface area (Å²) in [6, 6.07) is 0.187. The molecule has 19 heavy (non-hydrogen) atoms. The van der Waals surface area contributed by atoms with Crippen molar-refractivity contribution >= 4 is 11.6 Å². The summed E-state index contributed by atoms with van der Waals surface area (Å²) in [7, 11) is 0. The lowest BCUT2D eigenvalue weighted by Gasteiger charge is -2.24. The lowest BCUT2D eigenvalue weighted by atomic mass is 10.2. The number of rotatable bonds is 4. The van der Waals surface area contributed by atoms with Gasteiger partial charge in [-0.2, -0.15) is 0 Å². The maximum Gasteiger partial charge on any atom is 0.329 e. The van der Waals surface area contributed by atoms with Gasteiger partial charge in [0, 0.05) is 12.6 Å². The molecule has 0 amide bonds. The maximum absolute atomic E-state index is 12.2. The molecule has 1 aromatic heterocycles. The van der Waals surface area contributed by atoms with Gasteiger partial charge in [-0.1, -0.05) is 18.5 Å². The molecule has 6 heteroatoms. The highest BCUT2D eigenvalue weighted by Gasteiger charge is 2.20. The Kier molecular flexibility index (Phi) is 4.47. The summed E-state index contributed by atoms with van der Waals surface area (Å²) in [5.41, 5.74) is -0.199. The first-order valence-corrected chi connectivity index (χ1v) is 7.18. The average Bonchev–Trinajstić information content (AvgIpc) is 2.88. The molecule has 0 spiro atoms. The van der Waals surface area contributed by atoms with Crippen molar-refractivity contribution in [1.29, 1.82) is 0 Å². The minimum Gasteiger partial charge on any atom is -0.299 e. The van der Waals surface area contributed by atoms with E-state index in [0.29, 0.717) is 18.5 Å². The molecule has 1 unspecified atom stereocenters. The number of likely N-dealkylation sites (tertiary alicyclic amines) is 1. The van der Waals surface area contributed by atoms with Crippen LogP contribution in [0.4, 0.5) is 0 Å². The fraction of sp³-hybridized carbons (Fsp3) is 0.692. The molecule has 0 radical (unpaired) electrons. The molecule has 106 valence electrons. The Labute approximate surface area is 117 Å². The van der Waals surface area contributed by atoms with Crippen molar-refractivity contribution in [3.8, 4) is 0 Å². The number of H-pyrrole nitrogens is 1. The van der Waals surface area contributed by atoms with E-state index in [1.807, 2.05) is 6.92 Å². The smallest absolute Gasteiger partial charge is 0.299 e. The molecule has 0 aromatic carbocycles. The lowest BCUT2D eigenvalue weighted by molar-refractivity contribution is 0.231. The number of nitrogens with one attached hydrogen (secondary N) is 1. The highest BCUT2D eigenvalue weighted by Crippen LogP contribution is 2.12. The second kappa shape index (κ2) is 5.92. The highest BCUT2D eigenvalue weighted by atomic mass is 35.5. The molecule has 1 fully saturated rings. The second-order valence-electron chi connectivity index (χ2n) is 5.08. The third kappa shape index (κ3) is 2.92. The van der Waals surface area contributed by atoms with Crippen LogP contribution in [0.2, 0.25) is 5.15 Å². The van der Waals surface area contributed by atoms with Crippen molar-refractivity contribution in [2.24, 2.45) is 0 Å². The summed E-state index contributed by atoms with van der Waals surface area (Å²) in [5.74, 6) is 0. The minimum absolute atomic E-state index is 0.169. The summed E-state index contributed by atoms with van der Waals surface area (Å²) in [5, 5.41) is 0.169. The van der Waals surface area contributed by atoms with Gasteiger partial charge >= 0.3 is 5.69 Å². The average molecular weight is 286 g/mol. The Balaban J connectivity index is 2.29. The van der Waals surface area contributed by atoms with Gasteiger partial charge in [-0.25, -0.2) is 4.79 Å². The van der Waals surface area contributed by atoms with E-state index < -0.39 is 5.69 Å². The fourth-order valence-electron chi connectivity index (χ4n) is 2.62. The van der Waals surface area contributed by atoms with Crippen LogP contribution in [-0.4, -0.2) is 33.6 Å². The fourth-order valence-corrected chi connectivity index (χ4v) is 2.92. The number of halogens is 1. The SMILES string of the molecule is CCc1c(Cl)[nH]c(=O)n(CC(C)N2CCCC2)c1=O. The van der Waals surface area contributed by atoms with E-state index in [9.17, 15) is 9.59 Å². The van der Waals surface area contributed by atoms with E-state index in [1.54, 1.807) is 0 Å². The van der Waals surface area contributed by atoms with Gasteiger partial charge < -0.3 is 0 Å². The van der Waals surface area contributed by atoms with Crippen LogP contribution < -0.4 is 11.2 Å². The molecule has 5 nitrogen and oxygen atoms in total. The van der Waals surface area contributed by atoms with Gasteiger partial charge in [-0.3, -0.25) is 19.2 Å². The number of hydrogen-bond donors (Lipinski definition) is 1. The molecule has 1 aromatic rings. The van der Waals surface area contributed by atoms with Gasteiger partial charge in [0.25, 0.3) is 5.56 Å². The van der Waals surface area contributed by atoms with Crippen LogP contribution in [0.5, 0.6) is 0 Å². The monoisotopic (exact) mass is 285 g/mol. The molecular formula is C13H20ClN3O2. The van der Waals surface area contributed by atoms with Crippen LogP contribution >= 0.6 is 11.6 Å². The van der Waals surface area contributed by atoms with Crippen molar-refractivity contribution in [2.75, 3.05) is 13.1 Å². The van der Waals surface area contributed by atoms with Crippen molar-refractivity contribution in [3.05, 3.63) is 31.6 Å². The molecule has 1 aliphatic rings. The third-order valence-corrected chi connectivity index (χ3v) is 4.12. The summed E-state index contributed by atoms with van der Waals surface area (Å²) >= 11 is 5.89. The molecule has 0 bridgehead atoms. The lowest BCUT2D eigenvalue weighted by Crippen LogP contribution is -2.43. The summed E-state index contributed by atoms with van der Waals surface area (Å²) in [6.07, 6.45) is 2.90. The molecule has 2 heterocycles. The van der Waals surface area contributed by atoms with Crippen LogP contribution in [-0.2, 0) is 13.0 Å². The molecule has 0 aliphatic carbocycles. The van der Waals surface area contributed by atoms with E-state index in [2.05, 4.69) is 16.8 Å². The Morgan fingerprint density at radius 3 is 2.53 bits per heavy atom. The van der Waals surface area contributed by atoms with E-state index in [0.717, 1.165) is 13.1 Å². The maximum atomic E-state index is 12.2. The van der Waals surface area contributed by atoms with E-state index in [4.69, 9.17) is 11.6 Å². The zero-order chi connectivity index (χ0) is 14.0. The second-order valence-corrected chi connectivity index (χ2v) is 5.46. The Morgan fingerprint density at radius 2 is 1.95 bits per heavy atom. The zero-order valence-electron chi connectivity index (χ0n) is 11.4. The topological polar surface area (TPSA) is 58.1 Å². The first-order chi connectivity index (χ1) is 9.04. The van der Waals surface area contributed by atoms with Crippen LogP contribution in [0.25, 0.3) is 0 Å². The predicted molar refractivity (Wildman–Crippen MR) is 76.0 cm³/mol. The van der Waals surface area contributed by atoms with Crippen molar-refractivity contribution in [3.63, 3.8) is 0 Å². The van der Waals surface area contributed by atoms with Crippen molar-refractivity contribution < 1.29 is 0 Å². The Hall–Kier alpha value is -1.07. The van der Waals surface area contributed by atoms with Crippen LogP contribution in [0.15, 0.2) is 9.59 Å². The van der Waals surface area contributed by atoms with Gasteiger partial charge in [-0.15, -0.1) is 0 Å². The number of aromatic amines is 1. The number of hydrogen-bond acceptors (Lipinski definition) is 3. The largest absolute Gasteiger partial charge is 0.329 e. The van der Waals surface area contributed by atoms with Crippen molar-refractivity contribution in [1.82, 2.24) is 14.5 Å².